The Morgan fingerprint density at radius 2 is 1.26 bits per heavy atom. The van der Waals surface area contributed by atoms with Crippen LogP contribution in [0.1, 0.15) is 59.2 Å². The lowest BCUT2D eigenvalue weighted by Crippen LogP contribution is -2.31. The normalized spacial score (nSPS) is 14.4. The molecule has 0 spiro atoms. The zero-order valence-electron chi connectivity index (χ0n) is 18.6. The molecule has 0 atom stereocenters. The van der Waals surface area contributed by atoms with Crippen LogP contribution in [-0.2, 0) is 0 Å². The number of nitrogens with zero attached hydrogens (tertiary/aromatic N) is 1. The van der Waals surface area contributed by atoms with Crippen LogP contribution in [0.25, 0.3) is 0 Å². The highest BCUT2D eigenvalue weighted by molar-refractivity contribution is 6.16. The zero-order chi connectivity index (χ0) is 22.1. The smallest absolute Gasteiger partial charge is 0.173 e. The van der Waals surface area contributed by atoms with Crippen molar-refractivity contribution in [3.63, 3.8) is 0 Å². The molecular weight excluding hydrogens is 390 g/mol. The first-order valence-electron chi connectivity index (χ1n) is 11.2. The number of hydrogen-bond acceptors (Lipinski definition) is 5. The van der Waals surface area contributed by atoms with Gasteiger partial charge in [-0.15, -0.1) is 0 Å². The Morgan fingerprint density at radius 1 is 0.774 bits per heavy atom. The first kappa shape index (κ1) is 23.0. The molecule has 2 aromatic carbocycles. The van der Waals surface area contributed by atoms with Gasteiger partial charge in [0.25, 0.3) is 0 Å². The van der Waals surface area contributed by atoms with E-state index in [-0.39, 0.29) is 11.6 Å². The molecular formula is C26H33NO4. The number of rotatable bonds is 11. The van der Waals surface area contributed by atoms with Crippen LogP contribution in [0.3, 0.4) is 0 Å². The predicted octanol–water partition coefficient (Wildman–Crippen LogP) is 5.04. The number of benzene rings is 2. The lowest BCUT2D eigenvalue weighted by molar-refractivity contribution is 0.0796. The molecule has 0 aromatic heterocycles. The average Bonchev–Trinajstić information content (AvgIpc) is 2.84. The molecule has 1 aliphatic rings. The van der Waals surface area contributed by atoms with Gasteiger partial charge in [-0.1, -0.05) is 12.8 Å². The van der Waals surface area contributed by atoms with Crippen LogP contribution >= 0.6 is 0 Å². The van der Waals surface area contributed by atoms with Gasteiger partial charge in [-0.3, -0.25) is 9.59 Å². The molecule has 0 amide bonds. The second-order valence-electron chi connectivity index (χ2n) is 8.14. The fourth-order valence-electron chi connectivity index (χ4n) is 4.16. The maximum absolute atomic E-state index is 13.3. The summed E-state index contributed by atoms with van der Waals surface area (Å²) in [6, 6.07) is 14.0. The number of unbranched alkanes of at least 4 members (excludes halogenated alkanes) is 1. The van der Waals surface area contributed by atoms with Crippen LogP contribution in [0.4, 0.5) is 0 Å². The lowest BCUT2D eigenvalue weighted by Gasteiger charge is -2.26. The molecule has 0 radical (unpaired) electrons. The highest BCUT2D eigenvalue weighted by Crippen LogP contribution is 2.24. The van der Waals surface area contributed by atoms with E-state index in [1.807, 2.05) is 0 Å². The Balaban J connectivity index is 1.69. The zero-order valence-corrected chi connectivity index (χ0v) is 18.6. The number of Topliss-reactive ketones (excluding diaryl/α,β-unsaturated/α-hetero) is 2. The van der Waals surface area contributed by atoms with Crippen molar-refractivity contribution in [2.45, 2.75) is 38.5 Å². The summed E-state index contributed by atoms with van der Waals surface area (Å²) < 4.78 is 10.4. The van der Waals surface area contributed by atoms with Crippen LogP contribution in [0.15, 0.2) is 48.5 Å². The molecule has 0 saturated carbocycles. The SMILES string of the molecule is COc1ccc(C(=O)C(CCCCN2CCCCC2)C(=O)c2ccc(OC)cc2)cc1. The minimum Gasteiger partial charge on any atom is -0.497 e. The third-order valence-corrected chi connectivity index (χ3v) is 6.05. The van der Waals surface area contributed by atoms with E-state index in [4.69, 9.17) is 9.47 Å². The summed E-state index contributed by atoms with van der Waals surface area (Å²) in [7, 11) is 3.18. The van der Waals surface area contributed by atoms with E-state index in [0.29, 0.717) is 29.0 Å². The molecule has 0 N–H and O–H groups in total. The van der Waals surface area contributed by atoms with Gasteiger partial charge in [0.05, 0.1) is 20.1 Å². The Bertz CT molecular complexity index is 779. The van der Waals surface area contributed by atoms with Crippen molar-refractivity contribution in [3.8, 4) is 11.5 Å². The van der Waals surface area contributed by atoms with Crippen molar-refractivity contribution < 1.29 is 19.1 Å². The molecule has 31 heavy (non-hydrogen) atoms. The number of ether oxygens (including phenoxy) is 2. The van der Waals surface area contributed by atoms with E-state index in [1.54, 1.807) is 62.8 Å². The van der Waals surface area contributed by atoms with Gasteiger partial charge < -0.3 is 14.4 Å². The molecule has 1 heterocycles. The van der Waals surface area contributed by atoms with E-state index in [2.05, 4.69) is 4.90 Å². The van der Waals surface area contributed by atoms with Gasteiger partial charge in [0.15, 0.2) is 11.6 Å². The molecule has 0 unspecified atom stereocenters. The summed E-state index contributed by atoms with van der Waals surface area (Å²) in [6.45, 7) is 3.37. The quantitative estimate of drug-likeness (QED) is 0.288. The third kappa shape index (κ3) is 6.41. The van der Waals surface area contributed by atoms with E-state index in [0.717, 1.165) is 19.4 Å². The molecule has 1 fully saturated rings. The molecule has 5 nitrogen and oxygen atoms in total. The maximum Gasteiger partial charge on any atom is 0.173 e. The monoisotopic (exact) mass is 423 g/mol. The highest BCUT2D eigenvalue weighted by atomic mass is 16.5. The second-order valence-corrected chi connectivity index (χ2v) is 8.14. The molecule has 166 valence electrons. The Labute approximate surface area is 185 Å². The first-order valence-corrected chi connectivity index (χ1v) is 11.2. The fourth-order valence-corrected chi connectivity index (χ4v) is 4.16. The molecule has 1 saturated heterocycles. The number of hydrogen-bond donors (Lipinski definition) is 0. The van der Waals surface area contributed by atoms with E-state index in [1.165, 1.54) is 32.4 Å². The Kier molecular flexibility index (Phi) is 8.65. The van der Waals surface area contributed by atoms with Crippen LogP contribution in [0, 0.1) is 5.92 Å². The van der Waals surface area contributed by atoms with Gasteiger partial charge in [-0.25, -0.2) is 0 Å². The average molecular weight is 424 g/mol. The lowest BCUT2D eigenvalue weighted by atomic mass is 9.86. The van der Waals surface area contributed by atoms with Crippen LogP contribution in [0.5, 0.6) is 11.5 Å². The Morgan fingerprint density at radius 3 is 1.71 bits per heavy atom. The topological polar surface area (TPSA) is 55.8 Å². The van der Waals surface area contributed by atoms with Crippen molar-refractivity contribution in [1.29, 1.82) is 0 Å². The molecule has 0 aliphatic carbocycles. The summed E-state index contributed by atoms with van der Waals surface area (Å²) in [5.74, 6) is 0.457. The standard InChI is InChI=1S/C26H33NO4/c1-30-22-13-9-20(10-14-22)25(28)24(8-4-7-19-27-17-5-3-6-18-27)26(29)21-11-15-23(31-2)16-12-21/h9-16,24H,3-8,17-19H2,1-2H3. The van der Waals surface area contributed by atoms with E-state index >= 15 is 0 Å². The van der Waals surface area contributed by atoms with Crippen LogP contribution in [-0.4, -0.2) is 50.3 Å². The number of likely N-dealkylation sites (tertiary alicyclic amines) is 1. The number of methoxy groups -OCH3 is 2. The molecule has 0 bridgehead atoms. The number of ketones is 2. The Hall–Kier alpha value is -2.66. The van der Waals surface area contributed by atoms with Crippen molar-refractivity contribution in [2.24, 2.45) is 5.92 Å². The summed E-state index contributed by atoms with van der Waals surface area (Å²) in [5, 5.41) is 0. The number of piperidine rings is 1. The molecule has 5 heteroatoms. The number of carbonyl (C=O) groups excluding carboxylic acids is 2. The fraction of sp³-hybridized carbons (Fsp3) is 0.462. The van der Waals surface area contributed by atoms with Gasteiger partial charge in [0.1, 0.15) is 11.5 Å². The maximum atomic E-state index is 13.3. The van der Waals surface area contributed by atoms with E-state index < -0.39 is 5.92 Å². The first-order chi connectivity index (χ1) is 15.1. The van der Waals surface area contributed by atoms with E-state index in [9.17, 15) is 9.59 Å². The summed E-state index contributed by atoms with van der Waals surface area (Å²) in [6.07, 6.45) is 6.28. The van der Waals surface area contributed by atoms with Crippen molar-refractivity contribution in [3.05, 3.63) is 59.7 Å². The van der Waals surface area contributed by atoms with Crippen molar-refractivity contribution >= 4 is 11.6 Å². The van der Waals surface area contributed by atoms with Gasteiger partial charge in [-0.05, 0) is 93.8 Å². The third-order valence-electron chi connectivity index (χ3n) is 6.05. The minimum absolute atomic E-state index is 0.124. The molecule has 2 aromatic rings. The summed E-state index contributed by atoms with van der Waals surface area (Å²) in [4.78, 5) is 29.1. The largest absolute Gasteiger partial charge is 0.497 e. The minimum atomic E-state index is -0.678. The summed E-state index contributed by atoms with van der Waals surface area (Å²) in [5.41, 5.74) is 1.09. The van der Waals surface area contributed by atoms with Crippen molar-refractivity contribution in [1.82, 2.24) is 4.90 Å². The van der Waals surface area contributed by atoms with Crippen LogP contribution in [0.2, 0.25) is 0 Å². The van der Waals surface area contributed by atoms with Gasteiger partial charge in [0.2, 0.25) is 0 Å². The van der Waals surface area contributed by atoms with Crippen LogP contribution < -0.4 is 9.47 Å². The molecule has 3 rings (SSSR count). The van der Waals surface area contributed by atoms with Gasteiger partial charge >= 0.3 is 0 Å². The molecule has 1 aliphatic heterocycles. The van der Waals surface area contributed by atoms with Gasteiger partial charge in [-0.2, -0.15) is 0 Å². The van der Waals surface area contributed by atoms with Crippen molar-refractivity contribution in [2.75, 3.05) is 33.9 Å². The number of carbonyl (C=O) groups is 2. The predicted molar refractivity (Wildman–Crippen MR) is 122 cm³/mol. The second kappa shape index (κ2) is 11.7. The highest BCUT2D eigenvalue weighted by Gasteiger charge is 2.28. The van der Waals surface area contributed by atoms with Gasteiger partial charge in [0, 0.05) is 11.1 Å². The summed E-state index contributed by atoms with van der Waals surface area (Å²) >= 11 is 0.